The number of carboxylic acid groups (broad SMARTS) is 1. The van der Waals surface area contributed by atoms with Gasteiger partial charge in [0.2, 0.25) is 5.78 Å². The molecule has 0 saturated carbocycles. The van der Waals surface area contributed by atoms with Crippen molar-refractivity contribution in [2.24, 2.45) is 0 Å². The monoisotopic (exact) mass is 338 g/mol. The molecule has 2 aromatic rings. The third kappa shape index (κ3) is 3.35. The molecule has 0 aliphatic rings. The molecule has 7 nitrogen and oxygen atoms in total. The van der Waals surface area contributed by atoms with Crippen LogP contribution in [0.3, 0.4) is 0 Å². The van der Waals surface area contributed by atoms with Crippen molar-refractivity contribution in [2.45, 2.75) is 5.03 Å². The van der Waals surface area contributed by atoms with Crippen LogP contribution in [0.4, 0.5) is 5.82 Å². The zero-order valence-electron chi connectivity index (χ0n) is 12.2. The van der Waals surface area contributed by atoms with Gasteiger partial charge in [0.05, 0.1) is 11.3 Å². The summed E-state index contributed by atoms with van der Waals surface area (Å²) in [5.41, 5.74) is 6.86. The number of pyridine rings is 1. The van der Waals surface area contributed by atoms with Crippen molar-refractivity contribution >= 4 is 29.3 Å². The molecule has 3 N–H and O–H groups in total. The molecule has 0 saturated heterocycles. The highest BCUT2D eigenvalue weighted by atomic mass is 32.2. The zero-order valence-corrected chi connectivity index (χ0v) is 13.0. The van der Waals surface area contributed by atoms with Crippen LogP contribution >= 0.6 is 11.8 Å². The Morgan fingerprint density at radius 2 is 1.79 bits per heavy atom. The Morgan fingerprint density at radius 1 is 1.17 bits per heavy atom. The summed E-state index contributed by atoms with van der Waals surface area (Å²) in [5.74, 6) is -3.06. The third-order valence-electron chi connectivity index (χ3n) is 3.06. The van der Waals surface area contributed by atoms with Gasteiger partial charge in [0.25, 0.3) is 0 Å². The summed E-state index contributed by atoms with van der Waals surface area (Å²) in [6.45, 7) is 0. The van der Waals surface area contributed by atoms with Crippen molar-refractivity contribution in [1.29, 1.82) is 10.5 Å². The van der Waals surface area contributed by atoms with Crippen LogP contribution in [0, 0.1) is 22.7 Å². The van der Waals surface area contributed by atoms with Gasteiger partial charge in [0.1, 0.15) is 28.5 Å². The van der Waals surface area contributed by atoms with E-state index in [-0.39, 0.29) is 22.0 Å². The average Bonchev–Trinajstić information content (AvgIpc) is 2.59. The summed E-state index contributed by atoms with van der Waals surface area (Å²) in [4.78, 5) is 25.9. The molecule has 0 bridgehead atoms. The van der Waals surface area contributed by atoms with Crippen LogP contribution in [0.1, 0.15) is 11.1 Å². The molecule has 0 unspecified atom stereocenters. The Hall–Kier alpha value is -3.36. The Labute approximate surface area is 141 Å². The van der Waals surface area contributed by atoms with Gasteiger partial charge >= 0.3 is 5.97 Å². The number of nitrogens with zero attached hydrogens (tertiary/aromatic N) is 3. The third-order valence-corrected chi connectivity index (χ3v) is 4.03. The summed E-state index contributed by atoms with van der Waals surface area (Å²) in [7, 11) is 0. The summed E-state index contributed by atoms with van der Waals surface area (Å²) in [6.07, 6.45) is 0. The number of aliphatic carboxylic acids is 1. The van der Waals surface area contributed by atoms with Gasteiger partial charge in [-0.3, -0.25) is 4.79 Å². The van der Waals surface area contributed by atoms with Gasteiger partial charge in [0, 0.05) is 5.56 Å². The van der Waals surface area contributed by atoms with E-state index in [1.54, 1.807) is 30.3 Å². The summed E-state index contributed by atoms with van der Waals surface area (Å²) in [6, 6.07) is 12.6. The van der Waals surface area contributed by atoms with Crippen LogP contribution in [0.5, 0.6) is 0 Å². The van der Waals surface area contributed by atoms with Gasteiger partial charge in [-0.25, -0.2) is 9.78 Å². The summed E-state index contributed by atoms with van der Waals surface area (Å²) < 4.78 is 0. The lowest BCUT2D eigenvalue weighted by Gasteiger charge is -2.12. The maximum Gasteiger partial charge on any atom is 0.373 e. The molecule has 0 radical (unpaired) electrons. The molecular weight excluding hydrogens is 328 g/mol. The quantitative estimate of drug-likeness (QED) is 0.621. The Morgan fingerprint density at radius 3 is 2.33 bits per heavy atom. The first kappa shape index (κ1) is 17.0. The molecule has 1 aromatic heterocycles. The van der Waals surface area contributed by atoms with Gasteiger partial charge in [-0.1, -0.05) is 42.1 Å². The van der Waals surface area contributed by atoms with Gasteiger partial charge in [0.15, 0.2) is 0 Å². The maximum absolute atomic E-state index is 11.3. The molecule has 0 fully saturated rings. The fraction of sp³-hybridized carbons (Fsp3) is 0.0625. The molecule has 1 aromatic carbocycles. The zero-order chi connectivity index (χ0) is 17.7. The minimum Gasteiger partial charge on any atom is -0.475 e. The molecule has 0 aliphatic carbocycles. The van der Waals surface area contributed by atoms with E-state index in [0.717, 1.165) is 11.8 Å². The average molecular weight is 338 g/mol. The molecule has 2 rings (SSSR count). The number of thioether (sulfide) groups is 1. The molecule has 0 amide bonds. The number of Topliss-reactive ketones (excluding diaryl/α,β-unsaturated/α-hetero) is 1. The second-order valence-electron chi connectivity index (χ2n) is 4.53. The number of rotatable bonds is 5. The predicted octanol–water partition coefficient (Wildman–Crippen LogP) is 1.82. The molecule has 24 heavy (non-hydrogen) atoms. The smallest absolute Gasteiger partial charge is 0.373 e. The van der Waals surface area contributed by atoms with E-state index >= 15 is 0 Å². The number of anilines is 1. The van der Waals surface area contributed by atoms with Gasteiger partial charge in [-0.2, -0.15) is 10.5 Å². The van der Waals surface area contributed by atoms with Crippen LogP contribution < -0.4 is 5.73 Å². The number of nitrogens with two attached hydrogens (primary N) is 1. The molecule has 1 heterocycles. The van der Waals surface area contributed by atoms with Crippen molar-refractivity contribution in [3.63, 3.8) is 0 Å². The number of aromatic nitrogens is 1. The number of benzene rings is 1. The van der Waals surface area contributed by atoms with Gasteiger partial charge < -0.3 is 10.8 Å². The van der Waals surface area contributed by atoms with E-state index in [2.05, 4.69) is 4.98 Å². The Kier molecular flexibility index (Phi) is 5.15. The predicted molar refractivity (Wildman–Crippen MR) is 86.9 cm³/mol. The SMILES string of the molecule is N#Cc1c(N)nc(SCC(=O)C(=O)O)c(C#N)c1-c1ccccc1. The molecule has 118 valence electrons. The number of hydrogen-bond donors (Lipinski definition) is 2. The van der Waals surface area contributed by atoms with Crippen LogP contribution in [-0.2, 0) is 9.59 Å². The number of carboxylic acids is 1. The fourth-order valence-electron chi connectivity index (χ4n) is 1.99. The van der Waals surface area contributed by atoms with E-state index in [9.17, 15) is 20.1 Å². The lowest BCUT2D eigenvalue weighted by Crippen LogP contribution is -2.15. The number of carbonyl (C=O) groups excluding carboxylic acids is 1. The van der Waals surface area contributed by atoms with Crippen molar-refractivity contribution in [3.8, 4) is 23.3 Å². The van der Waals surface area contributed by atoms with E-state index in [4.69, 9.17) is 10.8 Å². The number of ketones is 1. The lowest BCUT2D eigenvalue weighted by molar-refractivity contribution is -0.147. The number of nitrogen functional groups attached to an aromatic ring is 1. The number of hydrogen-bond acceptors (Lipinski definition) is 7. The normalized spacial score (nSPS) is 9.75. The minimum absolute atomic E-state index is 0.0617. The van der Waals surface area contributed by atoms with E-state index in [0.29, 0.717) is 11.1 Å². The first-order valence-corrected chi connectivity index (χ1v) is 7.56. The lowest BCUT2D eigenvalue weighted by atomic mass is 9.97. The van der Waals surface area contributed by atoms with Crippen molar-refractivity contribution in [1.82, 2.24) is 4.98 Å². The first-order chi connectivity index (χ1) is 11.5. The van der Waals surface area contributed by atoms with Crippen molar-refractivity contribution in [3.05, 3.63) is 41.5 Å². The highest BCUT2D eigenvalue weighted by molar-refractivity contribution is 8.00. The highest BCUT2D eigenvalue weighted by Crippen LogP contribution is 2.35. The first-order valence-electron chi connectivity index (χ1n) is 6.57. The standard InChI is InChI=1S/C16H10N4O3S/c17-6-10-13(9-4-2-1-3-5-9)11(7-18)15(20-14(10)19)24-8-12(21)16(22)23/h1-5H,8H2,(H2,19,20)(H,22,23). The molecule has 0 aliphatic heterocycles. The fourth-order valence-corrected chi connectivity index (χ4v) is 2.84. The summed E-state index contributed by atoms with van der Waals surface area (Å²) in [5, 5.41) is 27.6. The van der Waals surface area contributed by atoms with E-state index in [1.165, 1.54) is 0 Å². The summed E-state index contributed by atoms with van der Waals surface area (Å²) >= 11 is 0.797. The number of carbonyl (C=O) groups is 2. The van der Waals surface area contributed by atoms with Crippen LogP contribution in [0.25, 0.3) is 11.1 Å². The highest BCUT2D eigenvalue weighted by Gasteiger charge is 2.21. The van der Waals surface area contributed by atoms with Gasteiger partial charge in [-0.15, -0.1) is 0 Å². The largest absolute Gasteiger partial charge is 0.475 e. The second-order valence-corrected chi connectivity index (χ2v) is 5.50. The second kappa shape index (κ2) is 7.27. The maximum atomic E-state index is 11.3. The van der Waals surface area contributed by atoms with E-state index < -0.39 is 17.5 Å². The van der Waals surface area contributed by atoms with E-state index in [1.807, 2.05) is 12.1 Å². The van der Waals surface area contributed by atoms with Crippen LogP contribution in [-0.4, -0.2) is 27.6 Å². The molecule has 0 atom stereocenters. The minimum atomic E-state index is -1.56. The van der Waals surface area contributed by atoms with Crippen LogP contribution in [0.2, 0.25) is 0 Å². The Balaban J connectivity index is 2.61. The van der Waals surface area contributed by atoms with Crippen LogP contribution in [0.15, 0.2) is 35.4 Å². The molecular formula is C16H10N4O3S. The van der Waals surface area contributed by atoms with Crippen molar-refractivity contribution < 1.29 is 14.7 Å². The molecule has 0 spiro atoms. The van der Waals surface area contributed by atoms with Gasteiger partial charge in [-0.05, 0) is 5.56 Å². The molecule has 8 heteroatoms. The van der Waals surface area contributed by atoms with Crippen molar-refractivity contribution in [2.75, 3.05) is 11.5 Å². The topological polar surface area (TPSA) is 141 Å². The Bertz CT molecular complexity index is 898. The number of nitriles is 2.